The number of likely N-dealkylation sites (tertiary alicyclic amines) is 1. The summed E-state index contributed by atoms with van der Waals surface area (Å²) in [6.07, 6.45) is 2.60. The Bertz CT molecular complexity index is 725. The van der Waals surface area contributed by atoms with Crippen LogP contribution in [0.3, 0.4) is 0 Å². The lowest BCUT2D eigenvalue weighted by molar-refractivity contribution is 0.259. The normalized spacial score (nSPS) is 17.6. The minimum atomic E-state index is 0.473. The van der Waals surface area contributed by atoms with Crippen molar-refractivity contribution in [2.45, 2.75) is 39.0 Å². The highest BCUT2D eigenvalue weighted by Gasteiger charge is 2.22. The Hall–Kier alpha value is -1.07. The summed E-state index contributed by atoms with van der Waals surface area (Å²) in [6, 6.07) is 14.6. The van der Waals surface area contributed by atoms with E-state index < -0.39 is 0 Å². The van der Waals surface area contributed by atoms with Gasteiger partial charge in [-0.3, -0.25) is 4.90 Å². The molecule has 0 aromatic heterocycles. The van der Waals surface area contributed by atoms with Gasteiger partial charge in [0.15, 0.2) is 0 Å². The molecule has 3 rings (SSSR count). The van der Waals surface area contributed by atoms with E-state index in [1.54, 1.807) is 0 Å². The minimum absolute atomic E-state index is 0.473. The maximum absolute atomic E-state index is 6.23. The van der Waals surface area contributed by atoms with E-state index in [2.05, 4.69) is 39.1 Å². The maximum Gasteiger partial charge on any atom is 0.124 e. The van der Waals surface area contributed by atoms with E-state index >= 15 is 0 Å². The van der Waals surface area contributed by atoms with Gasteiger partial charge >= 0.3 is 0 Å². The molecule has 0 radical (unpaired) electrons. The number of nitrogens with one attached hydrogen (secondary N) is 1. The molecule has 0 saturated carbocycles. The molecule has 0 spiro atoms. The Kier molecular flexibility index (Phi) is 7.38. The number of nitrogens with zero attached hydrogens (tertiary/aromatic N) is 1. The molecule has 1 fully saturated rings. The molecule has 2 aromatic carbocycles. The second kappa shape index (κ2) is 9.75. The summed E-state index contributed by atoms with van der Waals surface area (Å²) in [5, 5.41) is 4.36. The third-order valence-corrected chi connectivity index (χ3v) is 5.83. The second-order valence-corrected chi connectivity index (χ2v) is 8.01. The molecule has 1 aliphatic rings. The standard InChI is InChI=1S/C21H26BrClN2O/c1-2-25-11-5-7-19(25)14-24-13-17-12-18(22)9-10-21(17)26-15-16-6-3-4-8-20(16)23/h3-4,6,8-10,12,19,24H,2,5,7,11,13-15H2,1H3/t19-/m1/s1. The van der Waals surface area contributed by atoms with Crippen molar-refractivity contribution in [1.29, 1.82) is 0 Å². The Morgan fingerprint density at radius 1 is 1.23 bits per heavy atom. The van der Waals surface area contributed by atoms with Crippen LogP contribution >= 0.6 is 27.5 Å². The highest BCUT2D eigenvalue weighted by molar-refractivity contribution is 9.10. The van der Waals surface area contributed by atoms with Crippen molar-refractivity contribution in [3.8, 4) is 5.75 Å². The fraction of sp³-hybridized carbons (Fsp3) is 0.429. The molecule has 0 aliphatic carbocycles. The van der Waals surface area contributed by atoms with Crippen molar-refractivity contribution in [3.05, 3.63) is 63.1 Å². The molecule has 140 valence electrons. The van der Waals surface area contributed by atoms with Crippen LogP contribution in [0, 0.1) is 0 Å². The lowest BCUT2D eigenvalue weighted by Gasteiger charge is -2.23. The Labute approximate surface area is 169 Å². The summed E-state index contributed by atoms with van der Waals surface area (Å²) in [5.74, 6) is 0.902. The first-order valence-electron chi connectivity index (χ1n) is 9.26. The fourth-order valence-electron chi connectivity index (χ4n) is 3.51. The van der Waals surface area contributed by atoms with Crippen LogP contribution in [-0.2, 0) is 13.2 Å². The molecule has 1 heterocycles. The molecule has 0 unspecified atom stereocenters. The van der Waals surface area contributed by atoms with Crippen molar-refractivity contribution in [2.24, 2.45) is 0 Å². The quantitative estimate of drug-likeness (QED) is 0.610. The van der Waals surface area contributed by atoms with Crippen LogP contribution in [0.2, 0.25) is 5.02 Å². The average Bonchev–Trinajstić information content (AvgIpc) is 3.10. The van der Waals surface area contributed by atoms with Crippen molar-refractivity contribution < 1.29 is 4.74 Å². The summed E-state index contributed by atoms with van der Waals surface area (Å²) in [7, 11) is 0. The maximum atomic E-state index is 6.23. The van der Waals surface area contributed by atoms with Crippen LogP contribution in [0.25, 0.3) is 0 Å². The number of likely N-dealkylation sites (N-methyl/N-ethyl adjacent to an activating group) is 1. The molecule has 1 N–H and O–H groups in total. The fourth-order valence-corrected chi connectivity index (χ4v) is 4.11. The van der Waals surface area contributed by atoms with Crippen molar-refractivity contribution in [1.82, 2.24) is 10.2 Å². The molecule has 0 bridgehead atoms. The van der Waals surface area contributed by atoms with E-state index in [-0.39, 0.29) is 0 Å². The van der Waals surface area contributed by atoms with Crippen molar-refractivity contribution >= 4 is 27.5 Å². The van der Waals surface area contributed by atoms with Gasteiger partial charge in [-0.05, 0) is 50.2 Å². The average molecular weight is 438 g/mol. The number of rotatable bonds is 8. The highest BCUT2D eigenvalue weighted by Crippen LogP contribution is 2.25. The Morgan fingerprint density at radius 3 is 2.88 bits per heavy atom. The minimum Gasteiger partial charge on any atom is -0.489 e. The molecule has 2 aromatic rings. The number of hydrogen-bond acceptors (Lipinski definition) is 3. The third kappa shape index (κ3) is 5.23. The zero-order valence-electron chi connectivity index (χ0n) is 15.2. The van der Waals surface area contributed by atoms with Gasteiger partial charge in [-0.1, -0.05) is 52.7 Å². The number of hydrogen-bond donors (Lipinski definition) is 1. The van der Waals surface area contributed by atoms with Crippen LogP contribution in [-0.4, -0.2) is 30.6 Å². The molecular formula is C21H26BrClN2O. The van der Waals surface area contributed by atoms with Gasteiger partial charge < -0.3 is 10.1 Å². The molecule has 1 aliphatic heterocycles. The van der Waals surface area contributed by atoms with Gasteiger partial charge in [0.1, 0.15) is 12.4 Å². The van der Waals surface area contributed by atoms with Crippen molar-refractivity contribution in [3.63, 3.8) is 0 Å². The summed E-state index contributed by atoms with van der Waals surface area (Å²) >= 11 is 9.80. The SMILES string of the molecule is CCN1CCC[C@@H]1CNCc1cc(Br)ccc1OCc1ccccc1Cl. The van der Waals surface area contributed by atoms with Crippen LogP contribution in [0.15, 0.2) is 46.9 Å². The third-order valence-electron chi connectivity index (χ3n) is 4.96. The van der Waals surface area contributed by atoms with E-state index in [1.807, 2.05) is 36.4 Å². The van der Waals surface area contributed by atoms with Gasteiger partial charge in [-0.25, -0.2) is 0 Å². The number of halogens is 2. The number of ether oxygens (including phenoxy) is 1. The lowest BCUT2D eigenvalue weighted by Crippen LogP contribution is -2.37. The molecule has 3 nitrogen and oxygen atoms in total. The summed E-state index contributed by atoms with van der Waals surface area (Å²) in [5.41, 5.74) is 2.16. The van der Waals surface area contributed by atoms with Gasteiger partial charge in [0.25, 0.3) is 0 Å². The largest absolute Gasteiger partial charge is 0.489 e. The highest BCUT2D eigenvalue weighted by atomic mass is 79.9. The first kappa shape index (κ1) is 19.7. The van der Waals surface area contributed by atoms with Gasteiger partial charge in [-0.2, -0.15) is 0 Å². The molecule has 26 heavy (non-hydrogen) atoms. The first-order chi connectivity index (χ1) is 12.7. The molecule has 1 atom stereocenters. The van der Waals surface area contributed by atoms with Gasteiger partial charge in [0, 0.05) is 39.8 Å². The van der Waals surface area contributed by atoms with Gasteiger partial charge in [0.2, 0.25) is 0 Å². The lowest BCUT2D eigenvalue weighted by atomic mass is 10.1. The molecule has 5 heteroatoms. The summed E-state index contributed by atoms with van der Waals surface area (Å²) < 4.78 is 7.13. The zero-order valence-corrected chi connectivity index (χ0v) is 17.5. The smallest absolute Gasteiger partial charge is 0.124 e. The van der Waals surface area contributed by atoms with Gasteiger partial charge in [-0.15, -0.1) is 0 Å². The second-order valence-electron chi connectivity index (χ2n) is 6.69. The predicted molar refractivity (Wildman–Crippen MR) is 112 cm³/mol. The van der Waals surface area contributed by atoms with Crippen LogP contribution in [0.5, 0.6) is 5.75 Å². The first-order valence-corrected chi connectivity index (χ1v) is 10.4. The Balaban J connectivity index is 1.59. The molecule has 0 amide bonds. The monoisotopic (exact) mass is 436 g/mol. The van der Waals surface area contributed by atoms with Crippen LogP contribution in [0.4, 0.5) is 0 Å². The Morgan fingerprint density at radius 2 is 2.08 bits per heavy atom. The number of benzene rings is 2. The van der Waals surface area contributed by atoms with E-state index in [0.717, 1.165) is 46.0 Å². The topological polar surface area (TPSA) is 24.5 Å². The van der Waals surface area contributed by atoms with Crippen molar-refractivity contribution in [2.75, 3.05) is 19.6 Å². The molecular weight excluding hydrogens is 412 g/mol. The van der Waals surface area contributed by atoms with Crippen LogP contribution < -0.4 is 10.1 Å². The van der Waals surface area contributed by atoms with Gasteiger partial charge in [0.05, 0.1) is 0 Å². The van der Waals surface area contributed by atoms with E-state index in [9.17, 15) is 0 Å². The summed E-state index contributed by atoms with van der Waals surface area (Å²) in [6.45, 7) is 6.89. The van der Waals surface area contributed by atoms with E-state index in [0.29, 0.717) is 12.6 Å². The molecule has 1 saturated heterocycles. The van der Waals surface area contributed by atoms with E-state index in [1.165, 1.54) is 19.4 Å². The summed E-state index contributed by atoms with van der Waals surface area (Å²) in [4.78, 5) is 2.56. The zero-order chi connectivity index (χ0) is 18.4. The van der Waals surface area contributed by atoms with E-state index in [4.69, 9.17) is 16.3 Å². The van der Waals surface area contributed by atoms with Crippen LogP contribution in [0.1, 0.15) is 30.9 Å². The predicted octanol–water partition coefficient (Wildman–Crippen LogP) is 5.26.